The number of carbonyl (C=O) groups is 1. The van der Waals surface area contributed by atoms with Crippen LogP contribution in [-0.2, 0) is 14.8 Å². The van der Waals surface area contributed by atoms with E-state index >= 15 is 0 Å². The Hall–Kier alpha value is -2.42. The summed E-state index contributed by atoms with van der Waals surface area (Å²) < 4.78 is 34.3. The van der Waals surface area contributed by atoms with Gasteiger partial charge >= 0.3 is 5.97 Å². The molecule has 0 spiro atoms. The van der Waals surface area contributed by atoms with Crippen LogP contribution in [-0.4, -0.2) is 38.7 Å². The molecule has 0 unspecified atom stereocenters. The third kappa shape index (κ3) is 4.89. The SMILES string of the molecule is C[C@H](NS(=O)(=O)c1cc(C(=O)O)ccc1NC[C@H]1CCCO1)c1ccccc1. The first-order valence-electron chi connectivity index (χ1n) is 9.17. The van der Waals surface area contributed by atoms with E-state index in [1.165, 1.54) is 18.2 Å². The molecule has 150 valence electrons. The summed E-state index contributed by atoms with van der Waals surface area (Å²) in [6.07, 6.45) is 1.91. The first-order chi connectivity index (χ1) is 13.4. The molecule has 1 saturated heterocycles. The summed E-state index contributed by atoms with van der Waals surface area (Å²) in [4.78, 5) is 11.3. The summed E-state index contributed by atoms with van der Waals surface area (Å²) >= 11 is 0. The maximum Gasteiger partial charge on any atom is 0.335 e. The van der Waals surface area contributed by atoms with Gasteiger partial charge in [0.1, 0.15) is 4.90 Å². The van der Waals surface area contributed by atoms with Crippen LogP contribution in [0.2, 0.25) is 0 Å². The summed E-state index contributed by atoms with van der Waals surface area (Å²) in [5.41, 5.74) is 1.08. The standard InChI is InChI=1S/C20H24N2O5S/c1-14(15-6-3-2-4-7-15)22-28(25,26)19-12-16(20(23)24)9-10-18(19)21-13-17-8-5-11-27-17/h2-4,6-7,9-10,12,14,17,21-22H,5,8,11,13H2,1H3,(H,23,24)/t14-,17+/m0/s1. The molecule has 2 aromatic carbocycles. The van der Waals surface area contributed by atoms with Crippen molar-refractivity contribution in [3.8, 4) is 0 Å². The highest BCUT2D eigenvalue weighted by atomic mass is 32.2. The second-order valence-corrected chi connectivity index (χ2v) is 8.47. The quantitative estimate of drug-likeness (QED) is 0.625. The van der Waals surface area contributed by atoms with E-state index in [9.17, 15) is 18.3 Å². The first kappa shape index (κ1) is 20.3. The number of hydrogen-bond donors (Lipinski definition) is 3. The Labute approximate surface area is 164 Å². The number of anilines is 1. The van der Waals surface area contributed by atoms with E-state index in [1.54, 1.807) is 6.92 Å². The van der Waals surface area contributed by atoms with Crippen molar-refractivity contribution in [3.63, 3.8) is 0 Å². The Morgan fingerprint density at radius 3 is 2.64 bits per heavy atom. The highest BCUT2D eigenvalue weighted by Gasteiger charge is 2.24. The normalized spacial score (nSPS) is 18.0. The van der Waals surface area contributed by atoms with Crippen LogP contribution in [0.15, 0.2) is 53.4 Å². The van der Waals surface area contributed by atoms with Crippen molar-refractivity contribution < 1.29 is 23.1 Å². The molecule has 0 bridgehead atoms. The van der Waals surface area contributed by atoms with Crippen molar-refractivity contribution in [2.45, 2.75) is 36.8 Å². The zero-order valence-electron chi connectivity index (χ0n) is 15.6. The van der Waals surface area contributed by atoms with Crippen molar-refractivity contribution >= 4 is 21.7 Å². The number of sulfonamides is 1. The number of nitrogens with one attached hydrogen (secondary N) is 2. The second kappa shape index (κ2) is 8.72. The van der Waals surface area contributed by atoms with Crippen LogP contribution < -0.4 is 10.0 Å². The fraction of sp³-hybridized carbons (Fsp3) is 0.350. The minimum atomic E-state index is -3.96. The molecule has 1 fully saturated rings. The number of carboxylic acids is 1. The number of aromatic carboxylic acids is 1. The monoisotopic (exact) mass is 404 g/mol. The Morgan fingerprint density at radius 1 is 1.25 bits per heavy atom. The molecule has 7 nitrogen and oxygen atoms in total. The minimum absolute atomic E-state index is 0.0194. The van der Waals surface area contributed by atoms with Gasteiger partial charge in [-0.25, -0.2) is 17.9 Å². The fourth-order valence-corrected chi connectivity index (χ4v) is 4.60. The van der Waals surface area contributed by atoms with Crippen molar-refractivity contribution in [3.05, 3.63) is 59.7 Å². The predicted octanol–water partition coefficient (Wildman–Crippen LogP) is 3.02. The van der Waals surface area contributed by atoms with Gasteiger partial charge < -0.3 is 15.2 Å². The van der Waals surface area contributed by atoms with Gasteiger partial charge in [-0.15, -0.1) is 0 Å². The van der Waals surface area contributed by atoms with Crippen molar-refractivity contribution in [2.24, 2.45) is 0 Å². The van der Waals surface area contributed by atoms with Gasteiger partial charge in [-0.05, 0) is 43.5 Å². The summed E-state index contributed by atoms with van der Waals surface area (Å²) in [6.45, 7) is 2.90. The molecule has 1 aliphatic rings. The Balaban J connectivity index is 1.87. The van der Waals surface area contributed by atoms with Crippen LogP contribution in [0.3, 0.4) is 0 Å². The largest absolute Gasteiger partial charge is 0.478 e. The van der Waals surface area contributed by atoms with Gasteiger partial charge in [0, 0.05) is 19.2 Å². The first-order valence-corrected chi connectivity index (χ1v) is 10.7. The van der Waals surface area contributed by atoms with Crippen LogP contribution in [0.1, 0.15) is 41.7 Å². The van der Waals surface area contributed by atoms with Crippen LogP contribution in [0.4, 0.5) is 5.69 Å². The molecule has 2 atom stereocenters. The third-order valence-corrected chi connectivity index (χ3v) is 6.27. The molecule has 0 radical (unpaired) electrons. The second-order valence-electron chi connectivity index (χ2n) is 6.79. The lowest BCUT2D eigenvalue weighted by atomic mass is 10.1. The molecule has 1 aliphatic heterocycles. The number of benzene rings is 2. The van der Waals surface area contributed by atoms with Crippen molar-refractivity contribution in [1.29, 1.82) is 0 Å². The van der Waals surface area contributed by atoms with Gasteiger partial charge in [0.15, 0.2) is 0 Å². The molecule has 0 amide bonds. The molecule has 2 aromatic rings. The maximum atomic E-state index is 13.0. The van der Waals surface area contributed by atoms with E-state index in [1.807, 2.05) is 30.3 Å². The molecule has 28 heavy (non-hydrogen) atoms. The average molecular weight is 404 g/mol. The number of rotatable bonds is 8. The Bertz CT molecular complexity index is 925. The molecular formula is C20H24N2O5S. The van der Waals surface area contributed by atoms with Crippen molar-refractivity contribution in [2.75, 3.05) is 18.5 Å². The molecule has 3 rings (SSSR count). The van der Waals surface area contributed by atoms with E-state index in [2.05, 4.69) is 10.0 Å². The third-order valence-electron chi connectivity index (χ3n) is 4.69. The van der Waals surface area contributed by atoms with Crippen LogP contribution in [0, 0.1) is 0 Å². The van der Waals surface area contributed by atoms with E-state index in [0.717, 1.165) is 18.4 Å². The van der Waals surface area contributed by atoms with E-state index in [4.69, 9.17) is 4.74 Å². The highest BCUT2D eigenvalue weighted by molar-refractivity contribution is 7.89. The predicted molar refractivity (Wildman–Crippen MR) is 106 cm³/mol. The van der Waals surface area contributed by atoms with E-state index in [0.29, 0.717) is 18.8 Å². The van der Waals surface area contributed by atoms with Crippen LogP contribution in [0.5, 0.6) is 0 Å². The number of hydrogen-bond acceptors (Lipinski definition) is 5. The molecule has 0 saturated carbocycles. The minimum Gasteiger partial charge on any atom is -0.478 e. The molecule has 3 N–H and O–H groups in total. The fourth-order valence-electron chi connectivity index (χ4n) is 3.16. The molecule has 8 heteroatoms. The van der Waals surface area contributed by atoms with Gasteiger partial charge in [0.05, 0.1) is 17.4 Å². The molecule has 0 aliphatic carbocycles. The zero-order valence-corrected chi connectivity index (χ0v) is 16.4. The van der Waals surface area contributed by atoms with Crippen molar-refractivity contribution in [1.82, 2.24) is 4.72 Å². The Kier molecular flexibility index (Phi) is 6.33. The lowest BCUT2D eigenvalue weighted by Gasteiger charge is -2.19. The van der Waals surface area contributed by atoms with Gasteiger partial charge in [0.2, 0.25) is 10.0 Å². The lowest BCUT2D eigenvalue weighted by molar-refractivity contribution is 0.0696. The zero-order chi connectivity index (χ0) is 20.1. The summed E-state index contributed by atoms with van der Waals surface area (Å²) in [5.74, 6) is -1.18. The van der Waals surface area contributed by atoms with Crippen LogP contribution in [0.25, 0.3) is 0 Å². The lowest BCUT2D eigenvalue weighted by Crippen LogP contribution is -2.28. The molecule has 1 heterocycles. The van der Waals surface area contributed by atoms with Gasteiger partial charge in [-0.1, -0.05) is 30.3 Å². The number of ether oxygens (including phenoxy) is 1. The van der Waals surface area contributed by atoms with Gasteiger partial charge in [0.25, 0.3) is 0 Å². The average Bonchev–Trinajstić information content (AvgIpc) is 3.20. The highest BCUT2D eigenvalue weighted by Crippen LogP contribution is 2.26. The maximum absolute atomic E-state index is 13.0. The van der Waals surface area contributed by atoms with E-state index in [-0.39, 0.29) is 16.6 Å². The smallest absolute Gasteiger partial charge is 0.335 e. The van der Waals surface area contributed by atoms with Gasteiger partial charge in [-0.3, -0.25) is 0 Å². The summed E-state index contributed by atoms with van der Waals surface area (Å²) in [6, 6.07) is 12.8. The summed E-state index contributed by atoms with van der Waals surface area (Å²) in [7, 11) is -3.96. The topological polar surface area (TPSA) is 105 Å². The summed E-state index contributed by atoms with van der Waals surface area (Å²) in [5, 5.41) is 12.4. The number of carboxylic acid groups (broad SMARTS) is 1. The molecular weight excluding hydrogens is 380 g/mol. The molecule has 0 aromatic heterocycles. The van der Waals surface area contributed by atoms with Gasteiger partial charge in [-0.2, -0.15) is 0 Å². The Morgan fingerprint density at radius 2 is 2.00 bits per heavy atom. The van der Waals surface area contributed by atoms with E-state index < -0.39 is 22.0 Å². The van der Waals surface area contributed by atoms with Crippen LogP contribution >= 0.6 is 0 Å².